The van der Waals surface area contributed by atoms with E-state index in [1.807, 2.05) is 0 Å². The summed E-state index contributed by atoms with van der Waals surface area (Å²) in [5.74, 6) is 0. The highest BCUT2D eigenvalue weighted by Gasteiger charge is 2.25. The monoisotopic (exact) mass is 447 g/mol. The molecule has 0 saturated heterocycles. The molecule has 182 valence electrons. The van der Waals surface area contributed by atoms with Gasteiger partial charge in [-0.05, 0) is 71.9 Å². The number of fused-ring (bicyclic) bond motifs is 3. The van der Waals surface area contributed by atoms with Crippen LogP contribution in [-0.4, -0.2) is 4.57 Å². The summed E-state index contributed by atoms with van der Waals surface area (Å²) in [4.78, 5) is 0. The molecule has 3 aromatic rings. The van der Waals surface area contributed by atoms with Crippen molar-refractivity contribution in [1.82, 2.24) is 4.57 Å². The Morgan fingerprint density at radius 1 is 0.636 bits per heavy atom. The lowest BCUT2D eigenvalue weighted by atomic mass is 9.76. The van der Waals surface area contributed by atoms with Gasteiger partial charge in [0.25, 0.3) is 0 Å². The number of nitrogens with zero attached hydrogens (tertiary/aromatic N) is 1. The van der Waals surface area contributed by atoms with Crippen LogP contribution in [0.25, 0.3) is 21.8 Å². The summed E-state index contributed by atoms with van der Waals surface area (Å²) in [6.07, 6.45) is 12.9. The van der Waals surface area contributed by atoms with Gasteiger partial charge < -0.3 is 4.57 Å². The van der Waals surface area contributed by atoms with E-state index < -0.39 is 0 Å². The van der Waals surface area contributed by atoms with Gasteiger partial charge in [-0.3, -0.25) is 0 Å². The molecule has 33 heavy (non-hydrogen) atoms. The van der Waals surface area contributed by atoms with Crippen molar-refractivity contribution in [3.63, 3.8) is 0 Å². The van der Waals surface area contributed by atoms with Gasteiger partial charge in [0, 0.05) is 28.4 Å². The van der Waals surface area contributed by atoms with E-state index in [-0.39, 0.29) is 10.8 Å². The normalized spacial score (nSPS) is 14.3. The lowest BCUT2D eigenvalue weighted by Gasteiger charge is -2.29. The zero-order valence-electron chi connectivity index (χ0n) is 22.7. The molecule has 1 heterocycles. The first-order valence-corrected chi connectivity index (χ1v) is 13.9. The number of aryl methyl sites for hydroxylation is 1. The third kappa shape index (κ3) is 5.50. The Morgan fingerprint density at radius 2 is 1.21 bits per heavy atom. The van der Waals surface area contributed by atoms with Gasteiger partial charge in [-0.25, -0.2) is 0 Å². The Balaban J connectivity index is 2.08. The standard InChI is InChI=1S/C32H49N/c1-8-12-13-14-15-16-22-33-29-19-17-25(31(5,6)10-3)23-27(29)28-24-26(18-20-30(28)33)32(7,11-4)21-9-2/h17-20,23-24H,8-16,21-22H2,1-7H3. The molecule has 2 aromatic carbocycles. The second-order valence-electron chi connectivity index (χ2n) is 11.3. The van der Waals surface area contributed by atoms with E-state index in [0.29, 0.717) is 0 Å². The SMILES string of the molecule is CCCCCCCCn1c2ccc(C(C)(C)CC)cc2c2cc(C(C)(CC)CCC)ccc21. The molecule has 0 fully saturated rings. The van der Waals surface area contributed by atoms with Crippen molar-refractivity contribution >= 4 is 21.8 Å². The van der Waals surface area contributed by atoms with E-state index in [4.69, 9.17) is 0 Å². The van der Waals surface area contributed by atoms with Crippen molar-refractivity contribution in [2.45, 2.75) is 130 Å². The summed E-state index contributed by atoms with van der Waals surface area (Å²) in [6, 6.07) is 14.7. The first kappa shape index (κ1) is 25.9. The summed E-state index contributed by atoms with van der Waals surface area (Å²) >= 11 is 0. The molecule has 1 aromatic heterocycles. The van der Waals surface area contributed by atoms with Crippen molar-refractivity contribution in [2.24, 2.45) is 0 Å². The molecule has 0 spiro atoms. The lowest BCUT2D eigenvalue weighted by Crippen LogP contribution is -2.20. The molecule has 3 rings (SSSR count). The summed E-state index contributed by atoms with van der Waals surface area (Å²) in [5, 5.41) is 2.91. The molecule has 1 nitrogen and oxygen atoms in total. The molecule has 0 radical (unpaired) electrons. The fraction of sp³-hybridized carbons (Fsp3) is 0.625. The van der Waals surface area contributed by atoms with Gasteiger partial charge in [0.2, 0.25) is 0 Å². The van der Waals surface area contributed by atoms with Gasteiger partial charge in [-0.15, -0.1) is 0 Å². The average molecular weight is 448 g/mol. The lowest BCUT2D eigenvalue weighted by molar-refractivity contribution is 0.414. The van der Waals surface area contributed by atoms with Crippen LogP contribution in [0.5, 0.6) is 0 Å². The van der Waals surface area contributed by atoms with Crippen LogP contribution >= 0.6 is 0 Å². The number of hydrogen-bond donors (Lipinski definition) is 0. The molecular weight excluding hydrogens is 398 g/mol. The minimum absolute atomic E-state index is 0.208. The topological polar surface area (TPSA) is 4.93 Å². The molecular formula is C32H49N. The first-order valence-electron chi connectivity index (χ1n) is 13.9. The van der Waals surface area contributed by atoms with Gasteiger partial charge >= 0.3 is 0 Å². The first-order chi connectivity index (χ1) is 15.8. The number of unbranched alkanes of at least 4 members (excludes halogenated alkanes) is 5. The third-order valence-corrected chi connectivity index (χ3v) is 8.54. The van der Waals surface area contributed by atoms with Crippen LogP contribution in [0.4, 0.5) is 0 Å². The van der Waals surface area contributed by atoms with Crippen molar-refractivity contribution < 1.29 is 0 Å². The molecule has 0 aliphatic carbocycles. The summed E-state index contributed by atoms with van der Waals surface area (Å²) in [7, 11) is 0. The van der Waals surface area contributed by atoms with Crippen LogP contribution in [0.2, 0.25) is 0 Å². The van der Waals surface area contributed by atoms with E-state index in [9.17, 15) is 0 Å². The third-order valence-electron chi connectivity index (χ3n) is 8.54. The molecule has 0 bridgehead atoms. The molecule has 0 aliphatic heterocycles. The van der Waals surface area contributed by atoms with E-state index in [0.717, 1.165) is 13.0 Å². The average Bonchev–Trinajstić information content (AvgIpc) is 3.13. The van der Waals surface area contributed by atoms with Gasteiger partial charge in [0.05, 0.1) is 0 Å². The Morgan fingerprint density at radius 3 is 1.79 bits per heavy atom. The van der Waals surface area contributed by atoms with E-state index in [2.05, 4.69) is 89.4 Å². The summed E-state index contributed by atoms with van der Waals surface area (Å²) in [6.45, 7) is 17.6. The minimum atomic E-state index is 0.208. The maximum Gasteiger partial charge on any atom is 0.0491 e. The van der Waals surface area contributed by atoms with Gasteiger partial charge in [-0.2, -0.15) is 0 Å². The van der Waals surface area contributed by atoms with Crippen molar-refractivity contribution in [2.75, 3.05) is 0 Å². The molecule has 1 atom stereocenters. The van der Waals surface area contributed by atoms with Crippen LogP contribution in [0.1, 0.15) is 124 Å². The predicted octanol–water partition coefficient (Wildman–Crippen LogP) is 10.3. The summed E-state index contributed by atoms with van der Waals surface area (Å²) < 4.78 is 2.61. The predicted molar refractivity (Wildman–Crippen MR) is 149 cm³/mol. The van der Waals surface area contributed by atoms with E-state index >= 15 is 0 Å². The maximum atomic E-state index is 2.61. The van der Waals surface area contributed by atoms with Crippen molar-refractivity contribution in [3.05, 3.63) is 47.5 Å². The van der Waals surface area contributed by atoms with Crippen LogP contribution in [0, 0.1) is 0 Å². The Bertz CT molecular complexity index is 1040. The van der Waals surface area contributed by atoms with Crippen LogP contribution in [-0.2, 0) is 17.4 Å². The number of hydrogen-bond acceptors (Lipinski definition) is 0. The van der Waals surface area contributed by atoms with Crippen LogP contribution < -0.4 is 0 Å². The highest BCUT2D eigenvalue weighted by Crippen LogP contribution is 2.39. The molecule has 1 unspecified atom stereocenters. The van der Waals surface area contributed by atoms with Crippen LogP contribution in [0.15, 0.2) is 36.4 Å². The Labute approximate surface area is 204 Å². The largest absolute Gasteiger partial charge is 0.340 e. The molecule has 0 saturated carbocycles. The summed E-state index contributed by atoms with van der Waals surface area (Å²) in [5.41, 5.74) is 6.28. The highest BCUT2D eigenvalue weighted by atomic mass is 15.0. The molecule has 0 N–H and O–H groups in total. The number of benzene rings is 2. The van der Waals surface area contributed by atoms with Gasteiger partial charge in [0.15, 0.2) is 0 Å². The fourth-order valence-electron chi connectivity index (χ4n) is 5.47. The Hall–Kier alpha value is -1.76. The van der Waals surface area contributed by atoms with E-state index in [1.54, 1.807) is 0 Å². The fourth-order valence-corrected chi connectivity index (χ4v) is 5.47. The second kappa shape index (κ2) is 11.1. The highest BCUT2D eigenvalue weighted by molar-refractivity contribution is 6.08. The second-order valence-corrected chi connectivity index (χ2v) is 11.3. The quantitative estimate of drug-likeness (QED) is 0.230. The number of rotatable bonds is 13. The molecule has 0 aliphatic rings. The van der Waals surface area contributed by atoms with Crippen molar-refractivity contribution in [3.8, 4) is 0 Å². The van der Waals surface area contributed by atoms with Crippen molar-refractivity contribution in [1.29, 1.82) is 0 Å². The molecule has 0 amide bonds. The number of aromatic nitrogens is 1. The van der Waals surface area contributed by atoms with Crippen LogP contribution in [0.3, 0.4) is 0 Å². The zero-order chi connectivity index (χ0) is 24.1. The van der Waals surface area contributed by atoms with Gasteiger partial charge in [0.1, 0.15) is 0 Å². The minimum Gasteiger partial charge on any atom is -0.340 e. The molecule has 1 heteroatoms. The maximum absolute atomic E-state index is 2.61. The van der Waals surface area contributed by atoms with E-state index in [1.165, 1.54) is 90.7 Å². The smallest absolute Gasteiger partial charge is 0.0491 e. The van der Waals surface area contributed by atoms with Gasteiger partial charge in [-0.1, -0.05) is 99.1 Å². The Kier molecular flexibility index (Phi) is 8.70. The zero-order valence-corrected chi connectivity index (χ0v) is 22.7.